The minimum absolute atomic E-state index is 0.252. The molecular weight excluding hydrogens is 288 g/mol. The van der Waals surface area contributed by atoms with Gasteiger partial charge in [-0.15, -0.1) is 0 Å². The van der Waals surface area contributed by atoms with Crippen molar-refractivity contribution in [3.05, 3.63) is 72.8 Å². The first-order valence-electron chi connectivity index (χ1n) is 7.66. The van der Waals surface area contributed by atoms with Crippen LogP contribution in [-0.4, -0.2) is 27.4 Å². The lowest BCUT2D eigenvalue weighted by Crippen LogP contribution is -2.23. The molecule has 0 saturated carbocycles. The molecule has 1 atom stereocenters. The van der Waals surface area contributed by atoms with Crippen molar-refractivity contribution in [2.24, 2.45) is 0 Å². The maximum atomic E-state index is 10.1. The minimum Gasteiger partial charge on any atom is -0.491 e. The van der Waals surface area contributed by atoms with Crippen LogP contribution in [0.15, 0.2) is 67.0 Å². The van der Waals surface area contributed by atoms with E-state index in [1.807, 2.05) is 60.2 Å². The van der Waals surface area contributed by atoms with Gasteiger partial charge in [-0.25, -0.2) is 4.98 Å². The fourth-order valence-corrected chi connectivity index (χ4v) is 2.44. The van der Waals surface area contributed by atoms with Crippen LogP contribution in [0.4, 0.5) is 0 Å². The summed E-state index contributed by atoms with van der Waals surface area (Å²) in [5.41, 5.74) is 2.32. The molecule has 0 radical (unpaired) electrons. The van der Waals surface area contributed by atoms with Crippen LogP contribution in [0.5, 0.6) is 5.75 Å². The minimum atomic E-state index is -0.573. The first-order valence-corrected chi connectivity index (χ1v) is 7.66. The Hall–Kier alpha value is -2.59. The van der Waals surface area contributed by atoms with Gasteiger partial charge in [0.15, 0.2) is 0 Å². The van der Waals surface area contributed by atoms with E-state index in [4.69, 9.17) is 4.74 Å². The van der Waals surface area contributed by atoms with Crippen LogP contribution in [0.1, 0.15) is 5.82 Å². The van der Waals surface area contributed by atoms with E-state index < -0.39 is 6.10 Å². The Morgan fingerprint density at radius 2 is 1.74 bits per heavy atom. The van der Waals surface area contributed by atoms with E-state index in [0.717, 1.165) is 17.1 Å². The molecule has 0 bridgehead atoms. The van der Waals surface area contributed by atoms with Gasteiger partial charge in [-0.05, 0) is 30.2 Å². The van der Waals surface area contributed by atoms with E-state index >= 15 is 0 Å². The molecule has 23 heavy (non-hydrogen) atoms. The summed E-state index contributed by atoms with van der Waals surface area (Å²) < 4.78 is 7.57. The number of benzene rings is 2. The number of aryl methyl sites for hydroxylation is 1. The second-order valence-electron chi connectivity index (χ2n) is 5.48. The first kappa shape index (κ1) is 15.3. The molecule has 0 unspecified atom stereocenters. The molecule has 2 aromatic carbocycles. The van der Waals surface area contributed by atoms with Crippen molar-refractivity contribution in [2.45, 2.75) is 19.6 Å². The Bertz CT molecular complexity index is 736. The fraction of sp³-hybridized carbons (Fsp3) is 0.211. The van der Waals surface area contributed by atoms with Gasteiger partial charge in [0.1, 0.15) is 24.3 Å². The van der Waals surface area contributed by atoms with Gasteiger partial charge in [-0.2, -0.15) is 0 Å². The molecule has 0 aliphatic heterocycles. The summed E-state index contributed by atoms with van der Waals surface area (Å²) >= 11 is 0. The van der Waals surface area contributed by atoms with Crippen molar-refractivity contribution < 1.29 is 9.84 Å². The van der Waals surface area contributed by atoms with Gasteiger partial charge in [-0.3, -0.25) is 0 Å². The summed E-state index contributed by atoms with van der Waals surface area (Å²) in [6.07, 6.45) is 3.01. The Labute approximate surface area is 136 Å². The third-order valence-electron chi connectivity index (χ3n) is 3.73. The number of nitrogens with zero attached hydrogens (tertiary/aromatic N) is 2. The van der Waals surface area contributed by atoms with E-state index in [2.05, 4.69) is 17.1 Å². The molecule has 0 fully saturated rings. The summed E-state index contributed by atoms with van der Waals surface area (Å²) in [5.74, 6) is 1.64. The molecule has 4 nitrogen and oxygen atoms in total. The zero-order valence-electron chi connectivity index (χ0n) is 13.1. The lowest BCUT2D eigenvalue weighted by molar-refractivity contribution is 0.0919. The summed E-state index contributed by atoms with van der Waals surface area (Å²) in [6, 6.07) is 18.1. The van der Waals surface area contributed by atoms with Crippen molar-refractivity contribution in [3.63, 3.8) is 0 Å². The molecule has 118 valence electrons. The molecule has 1 aromatic heterocycles. The Balaban J connectivity index is 1.55. The van der Waals surface area contributed by atoms with Gasteiger partial charge in [0.2, 0.25) is 0 Å². The normalized spacial score (nSPS) is 12.1. The van der Waals surface area contributed by atoms with Crippen molar-refractivity contribution in [1.29, 1.82) is 0 Å². The zero-order valence-corrected chi connectivity index (χ0v) is 13.1. The molecule has 3 aromatic rings. The maximum Gasteiger partial charge on any atom is 0.119 e. The highest BCUT2D eigenvalue weighted by Gasteiger charge is 2.08. The molecule has 0 amide bonds. The molecule has 0 aliphatic carbocycles. The average molecular weight is 308 g/mol. The van der Waals surface area contributed by atoms with Crippen LogP contribution >= 0.6 is 0 Å². The monoisotopic (exact) mass is 308 g/mol. The Morgan fingerprint density at radius 1 is 1.04 bits per heavy atom. The fourth-order valence-electron chi connectivity index (χ4n) is 2.44. The molecular formula is C19H20N2O2. The number of ether oxygens (including phenoxy) is 1. The van der Waals surface area contributed by atoms with Crippen molar-refractivity contribution in [1.82, 2.24) is 9.55 Å². The van der Waals surface area contributed by atoms with Crippen LogP contribution in [0.3, 0.4) is 0 Å². The number of aromatic nitrogens is 2. The number of imidazole rings is 1. The third-order valence-corrected chi connectivity index (χ3v) is 3.73. The van der Waals surface area contributed by atoms with Gasteiger partial charge in [0.05, 0.1) is 6.54 Å². The van der Waals surface area contributed by atoms with Gasteiger partial charge in [0, 0.05) is 12.4 Å². The van der Waals surface area contributed by atoms with E-state index in [9.17, 15) is 5.11 Å². The highest BCUT2D eigenvalue weighted by molar-refractivity contribution is 5.63. The van der Waals surface area contributed by atoms with Crippen LogP contribution in [0.25, 0.3) is 11.1 Å². The van der Waals surface area contributed by atoms with Crippen LogP contribution in [0, 0.1) is 6.92 Å². The molecule has 0 saturated heterocycles. The topological polar surface area (TPSA) is 47.3 Å². The van der Waals surface area contributed by atoms with Crippen molar-refractivity contribution >= 4 is 0 Å². The predicted molar refractivity (Wildman–Crippen MR) is 90.3 cm³/mol. The summed E-state index contributed by atoms with van der Waals surface area (Å²) in [7, 11) is 0. The number of hydrogen-bond acceptors (Lipinski definition) is 3. The molecule has 4 heteroatoms. The number of aliphatic hydroxyl groups is 1. The number of hydrogen-bond donors (Lipinski definition) is 1. The zero-order chi connectivity index (χ0) is 16.1. The van der Waals surface area contributed by atoms with Crippen molar-refractivity contribution in [2.75, 3.05) is 6.61 Å². The van der Waals surface area contributed by atoms with Crippen LogP contribution in [0.2, 0.25) is 0 Å². The Morgan fingerprint density at radius 3 is 2.39 bits per heavy atom. The van der Waals surface area contributed by atoms with Gasteiger partial charge in [0.25, 0.3) is 0 Å². The second kappa shape index (κ2) is 7.11. The molecule has 0 aliphatic rings. The summed E-state index contributed by atoms with van der Waals surface area (Å²) in [6.45, 7) is 2.64. The molecule has 1 heterocycles. The number of aliphatic hydroxyl groups excluding tert-OH is 1. The van der Waals surface area contributed by atoms with E-state index in [-0.39, 0.29) is 6.61 Å². The predicted octanol–water partition coefficient (Wildman–Crippen LogP) is 3.30. The quantitative estimate of drug-likeness (QED) is 0.760. The van der Waals surface area contributed by atoms with E-state index in [0.29, 0.717) is 6.54 Å². The lowest BCUT2D eigenvalue weighted by Gasteiger charge is -2.14. The lowest BCUT2D eigenvalue weighted by atomic mass is 10.1. The largest absolute Gasteiger partial charge is 0.491 e. The van der Waals surface area contributed by atoms with E-state index in [1.54, 1.807) is 6.20 Å². The Kier molecular flexibility index (Phi) is 4.74. The molecule has 0 spiro atoms. The van der Waals surface area contributed by atoms with Crippen molar-refractivity contribution in [3.8, 4) is 16.9 Å². The van der Waals surface area contributed by atoms with Crippen LogP contribution in [-0.2, 0) is 6.54 Å². The smallest absolute Gasteiger partial charge is 0.119 e. The first-order chi connectivity index (χ1) is 11.2. The van der Waals surface area contributed by atoms with Gasteiger partial charge >= 0.3 is 0 Å². The standard InChI is InChI=1S/C19H20N2O2/c1-15-20-11-12-21(15)13-18(22)14-23-19-9-7-17(8-10-19)16-5-3-2-4-6-16/h2-12,18,22H,13-14H2,1H3/t18-/m0/s1. The van der Waals surface area contributed by atoms with Gasteiger partial charge < -0.3 is 14.4 Å². The van der Waals surface area contributed by atoms with Gasteiger partial charge in [-0.1, -0.05) is 42.5 Å². The van der Waals surface area contributed by atoms with E-state index in [1.165, 1.54) is 5.56 Å². The third kappa shape index (κ3) is 3.99. The van der Waals surface area contributed by atoms with Crippen LogP contribution < -0.4 is 4.74 Å². The summed E-state index contributed by atoms with van der Waals surface area (Å²) in [4.78, 5) is 4.14. The highest BCUT2D eigenvalue weighted by Crippen LogP contribution is 2.22. The second-order valence-corrected chi connectivity index (χ2v) is 5.48. The SMILES string of the molecule is Cc1nccn1C[C@H](O)COc1ccc(-c2ccccc2)cc1. The molecule has 1 N–H and O–H groups in total. The highest BCUT2D eigenvalue weighted by atomic mass is 16.5. The molecule has 3 rings (SSSR count). The summed E-state index contributed by atoms with van der Waals surface area (Å²) in [5, 5.41) is 10.1. The maximum absolute atomic E-state index is 10.1. The number of rotatable bonds is 6. The average Bonchev–Trinajstić information content (AvgIpc) is 2.99.